The summed E-state index contributed by atoms with van der Waals surface area (Å²) in [4.78, 5) is 5.39. The standard InChI is InChI=1S/C26H43BrN2O.2ClH/c1-4-29(5-2)24-10-8-21(9-11-24)7-6-16-28-17-14-22(15-18-28)19-23-20-25(30-3)12-13-26(23)27;;/h12-13,20-22,24H,4-11,14-19H2,1-3H3;2*1H. The molecule has 0 atom stereocenters. The molecule has 0 amide bonds. The molecule has 1 aromatic rings. The largest absolute Gasteiger partial charge is 0.497 e. The predicted octanol–water partition coefficient (Wildman–Crippen LogP) is 7.24. The summed E-state index contributed by atoms with van der Waals surface area (Å²) < 4.78 is 6.63. The zero-order chi connectivity index (χ0) is 21.3. The van der Waals surface area contributed by atoms with Gasteiger partial charge in [-0.15, -0.1) is 24.8 Å². The minimum Gasteiger partial charge on any atom is -0.497 e. The fraction of sp³-hybridized carbons (Fsp3) is 0.769. The van der Waals surface area contributed by atoms with Crippen LogP contribution in [-0.2, 0) is 6.42 Å². The minimum atomic E-state index is 0. The van der Waals surface area contributed by atoms with Crippen molar-refractivity contribution in [2.45, 2.75) is 77.7 Å². The van der Waals surface area contributed by atoms with Crippen LogP contribution in [0.5, 0.6) is 5.75 Å². The van der Waals surface area contributed by atoms with Crippen LogP contribution in [0.15, 0.2) is 22.7 Å². The molecule has 3 rings (SSSR count). The van der Waals surface area contributed by atoms with Crippen molar-refractivity contribution in [3.8, 4) is 5.75 Å². The lowest BCUT2D eigenvalue weighted by Gasteiger charge is -2.36. The highest BCUT2D eigenvalue weighted by Crippen LogP contribution is 2.31. The zero-order valence-corrected chi connectivity index (χ0v) is 23.6. The Morgan fingerprint density at radius 3 is 2.22 bits per heavy atom. The maximum absolute atomic E-state index is 5.41. The average Bonchev–Trinajstić information content (AvgIpc) is 2.78. The molecule has 6 heteroatoms. The molecule has 1 saturated heterocycles. The lowest BCUT2D eigenvalue weighted by Crippen LogP contribution is -2.38. The lowest BCUT2D eigenvalue weighted by molar-refractivity contribution is 0.139. The molecule has 0 bridgehead atoms. The second-order valence-corrected chi connectivity index (χ2v) is 10.3. The van der Waals surface area contributed by atoms with Crippen molar-refractivity contribution in [3.05, 3.63) is 28.2 Å². The molecule has 1 aromatic carbocycles. The van der Waals surface area contributed by atoms with E-state index >= 15 is 0 Å². The van der Waals surface area contributed by atoms with E-state index < -0.39 is 0 Å². The molecule has 0 unspecified atom stereocenters. The van der Waals surface area contributed by atoms with E-state index in [1.54, 1.807) is 7.11 Å². The number of likely N-dealkylation sites (tertiary alicyclic amines) is 1. The summed E-state index contributed by atoms with van der Waals surface area (Å²) in [6.07, 6.45) is 12.4. The number of hydrogen-bond acceptors (Lipinski definition) is 3. The zero-order valence-electron chi connectivity index (χ0n) is 20.4. The monoisotopic (exact) mass is 550 g/mol. The van der Waals surface area contributed by atoms with Gasteiger partial charge in [0.2, 0.25) is 0 Å². The summed E-state index contributed by atoms with van der Waals surface area (Å²) in [6, 6.07) is 7.22. The van der Waals surface area contributed by atoms with Crippen LogP contribution in [0.4, 0.5) is 0 Å². The molecule has 1 aliphatic heterocycles. The van der Waals surface area contributed by atoms with Crippen molar-refractivity contribution in [2.75, 3.05) is 39.8 Å². The van der Waals surface area contributed by atoms with Gasteiger partial charge in [0.1, 0.15) is 5.75 Å². The van der Waals surface area contributed by atoms with Crippen LogP contribution in [0.25, 0.3) is 0 Å². The highest BCUT2D eigenvalue weighted by Gasteiger charge is 2.25. The predicted molar refractivity (Wildman–Crippen MR) is 146 cm³/mol. The van der Waals surface area contributed by atoms with Gasteiger partial charge in [-0.3, -0.25) is 0 Å². The summed E-state index contributed by atoms with van der Waals surface area (Å²) in [5, 5.41) is 0. The van der Waals surface area contributed by atoms with Gasteiger partial charge in [0.25, 0.3) is 0 Å². The van der Waals surface area contributed by atoms with Crippen LogP contribution in [0, 0.1) is 11.8 Å². The number of halogens is 3. The quantitative estimate of drug-likeness (QED) is 0.305. The first-order valence-electron chi connectivity index (χ1n) is 12.4. The fourth-order valence-corrected chi connectivity index (χ4v) is 6.11. The van der Waals surface area contributed by atoms with E-state index in [1.165, 1.54) is 101 Å². The van der Waals surface area contributed by atoms with Crippen molar-refractivity contribution >= 4 is 40.7 Å². The Morgan fingerprint density at radius 2 is 1.62 bits per heavy atom. The molecule has 1 saturated carbocycles. The Kier molecular flexibility index (Phi) is 14.8. The molecule has 3 nitrogen and oxygen atoms in total. The number of hydrogen-bond donors (Lipinski definition) is 0. The summed E-state index contributed by atoms with van der Waals surface area (Å²) in [5.74, 6) is 2.76. The Balaban J connectivity index is 0.00000256. The van der Waals surface area contributed by atoms with Gasteiger partial charge in [0.15, 0.2) is 0 Å². The second kappa shape index (κ2) is 15.8. The summed E-state index contributed by atoms with van der Waals surface area (Å²) >= 11 is 3.72. The maximum Gasteiger partial charge on any atom is 0.119 e. The van der Waals surface area contributed by atoms with Crippen LogP contribution in [0.3, 0.4) is 0 Å². The third-order valence-corrected chi connectivity index (χ3v) is 8.47. The van der Waals surface area contributed by atoms with E-state index in [0.29, 0.717) is 0 Å². The number of nitrogens with zero attached hydrogens (tertiary/aromatic N) is 2. The van der Waals surface area contributed by atoms with Crippen LogP contribution in [0.1, 0.15) is 70.8 Å². The van der Waals surface area contributed by atoms with E-state index in [-0.39, 0.29) is 24.8 Å². The fourth-order valence-electron chi connectivity index (χ4n) is 5.70. The molecule has 1 heterocycles. The van der Waals surface area contributed by atoms with Crippen molar-refractivity contribution < 1.29 is 4.74 Å². The molecule has 0 spiro atoms. The van der Waals surface area contributed by atoms with E-state index in [2.05, 4.69) is 51.7 Å². The molecule has 2 fully saturated rings. The van der Waals surface area contributed by atoms with Gasteiger partial charge in [-0.05, 0) is 126 Å². The minimum absolute atomic E-state index is 0. The smallest absolute Gasteiger partial charge is 0.119 e. The number of ether oxygens (including phenoxy) is 1. The molecule has 0 radical (unpaired) electrons. The number of methoxy groups -OCH3 is 1. The maximum atomic E-state index is 5.41. The highest BCUT2D eigenvalue weighted by atomic mass is 79.9. The Morgan fingerprint density at radius 1 is 0.969 bits per heavy atom. The van der Waals surface area contributed by atoms with Gasteiger partial charge in [0, 0.05) is 10.5 Å². The van der Waals surface area contributed by atoms with Crippen molar-refractivity contribution in [1.29, 1.82) is 0 Å². The molecule has 2 aliphatic rings. The molecular weight excluding hydrogens is 507 g/mol. The van der Waals surface area contributed by atoms with Gasteiger partial charge in [-0.1, -0.05) is 29.8 Å². The molecule has 32 heavy (non-hydrogen) atoms. The third-order valence-electron chi connectivity index (χ3n) is 7.70. The van der Waals surface area contributed by atoms with Crippen molar-refractivity contribution in [2.24, 2.45) is 11.8 Å². The van der Waals surface area contributed by atoms with Gasteiger partial charge < -0.3 is 14.5 Å². The summed E-state index contributed by atoms with van der Waals surface area (Å²) in [5.41, 5.74) is 1.40. The Labute approximate surface area is 218 Å². The molecule has 186 valence electrons. The summed E-state index contributed by atoms with van der Waals surface area (Å²) in [7, 11) is 1.75. The van der Waals surface area contributed by atoms with Crippen LogP contribution < -0.4 is 4.74 Å². The first-order valence-corrected chi connectivity index (χ1v) is 13.2. The molecular formula is C26H45BrCl2N2O. The normalized spacial score (nSPS) is 22.3. The van der Waals surface area contributed by atoms with E-state index in [0.717, 1.165) is 23.6 Å². The number of benzene rings is 1. The lowest BCUT2D eigenvalue weighted by atomic mass is 9.82. The van der Waals surface area contributed by atoms with Gasteiger partial charge in [-0.2, -0.15) is 0 Å². The van der Waals surface area contributed by atoms with Gasteiger partial charge in [0.05, 0.1) is 7.11 Å². The van der Waals surface area contributed by atoms with Gasteiger partial charge >= 0.3 is 0 Å². The topological polar surface area (TPSA) is 15.7 Å². The molecule has 1 aliphatic carbocycles. The first kappa shape index (κ1) is 30.0. The van der Waals surface area contributed by atoms with Gasteiger partial charge in [-0.25, -0.2) is 0 Å². The number of rotatable bonds is 10. The van der Waals surface area contributed by atoms with Crippen LogP contribution in [-0.4, -0.2) is 55.7 Å². The average molecular weight is 552 g/mol. The van der Waals surface area contributed by atoms with E-state index in [9.17, 15) is 0 Å². The SMILES string of the molecule is CCN(CC)C1CCC(CCCN2CCC(Cc3cc(OC)ccc3Br)CC2)CC1.Cl.Cl. The summed E-state index contributed by atoms with van der Waals surface area (Å²) in [6.45, 7) is 10.9. The Bertz CT molecular complexity index is 628. The highest BCUT2D eigenvalue weighted by molar-refractivity contribution is 9.10. The number of piperidine rings is 1. The molecule has 0 N–H and O–H groups in total. The van der Waals surface area contributed by atoms with E-state index in [4.69, 9.17) is 4.74 Å². The molecule has 0 aromatic heterocycles. The van der Waals surface area contributed by atoms with Crippen LogP contribution >= 0.6 is 40.7 Å². The van der Waals surface area contributed by atoms with Crippen LogP contribution in [0.2, 0.25) is 0 Å². The van der Waals surface area contributed by atoms with Crippen molar-refractivity contribution in [3.63, 3.8) is 0 Å². The first-order chi connectivity index (χ1) is 14.6. The van der Waals surface area contributed by atoms with E-state index in [1.807, 2.05) is 6.07 Å². The Hall–Kier alpha value is -0.000000000000000111. The van der Waals surface area contributed by atoms with Crippen molar-refractivity contribution in [1.82, 2.24) is 9.80 Å². The third kappa shape index (κ3) is 8.98. The second-order valence-electron chi connectivity index (χ2n) is 9.48.